The SMILES string of the molecule is CCCC[C@H](NC(=O)OCc1ccccc1)C(=O)N[C@H](CCSC)C(N)=O. The highest BCUT2D eigenvalue weighted by atomic mass is 32.2. The lowest BCUT2D eigenvalue weighted by Crippen LogP contribution is -2.53. The highest BCUT2D eigenvalue weighted by Gasteiger charge is 2.25. The zero-order valence-corrected chi connectivity index (χ0v) is 16.7. The van der Waals surface area contributed by atoms with Gasteiger partial charge in [0.05, 0.1) is 0 Å². The molecule has 0 aliphatic heterocycles. The molecule has 0 unspecified atom stereocenters. The number of carbonyl (C=O) groups excluding carboxylic acids is 3. The van der Waals surface area contributed by atoms with Gasteiger partial charge in [0.2, 0.25) is 11.8 Å². The number of primary amides is 1. The first-order chi connectivity index (χ1) is 13.0. The summed E-state index contributed by atoms with van der Waals surface area (Å²) >= 11 is 1.56. The number of nitrogens with two attached hydrogens (primary N) is 1. The van der Waals surface area contributed by atoms with Crippen molar-refractivity contribution in [3.8, 4) is 0 Å². The van der Waals surface area contributed by atoms with Gasteiger partial charge >= 0.3 is 6.09 Å². The number of benzene rings is 1. The summed E-state index contributed by atoms with van der Waals surface area (Å²) in [6.07, 6.45) is 3.76. The van der Waals surface area contributed by atoms with Crippen LogP contribution in [-0.4, -0.2) is 42.0 Å². The van der Waals surface area contributed by atoms with Gasteiger partial charge in [0.1, 0.15) is 18.7 Å². The molecule has 150 valence electrons. The number of thioether (sulfide) groups is 1. The summed E-state index contributed by atoms with van der Waals surface area (Å²) in [5.41, 5.74) is 6.22. The minimum atomic E-state index is -0.774. The second-order valence-electron chi connectivity index (χ2n) is 6.15. The number of nitrogens with one attached hydrogen (secondary N) is 2. The van der Waals surface area contributed by atoms with E-state index in [1.54, 1.807) is 11.8 Å². The molecule has 1 aromatic rings. The number of hydrogen-bond donors (Lipinski definition) is 3. The molecule has 0 bridgehead atoms. The number of unbranched alkanes of at least 4 members (excludes halogenated alkanes) is 1. The fourth-order valence-corrected chi connectivity index (χ4v) is 2.85. The molecule has 0 spiro atoms. The van der Waals surface area contributed by atoms with Gasteiger partial charge in [-0.25, -0.2) is 4.79 Å². The molecule has 0 radical (unpaired) electrons. The van der Waals surface area contributed by atoms with Crippen molar-refractivity contribution in [2.75, 3.05) is 12.0 Å². The van der Waals surface area contributed by atoms with Crippen LogP contribution in [0.1, 0.15) is 38.2 Å². The van der Waals surface area contributed by atoms with E-state index < -0.39 is 30.0 Å². The molecule has 0 fully saturated rings. The first-order valence-corrected chi connectivity index (χ1v) is 10.4. The lowest BCUT2D eigenvalue weighted by atomic mass is 10.1. The number of carbonyl (C=O) groups is 3. The summed E-state index contributed by atoms with van der Waals surface area (Å²) in [6, 6.07) is 7.75. The van der Waals surface area contributed by atoms with E-state index >= 15 is 0 Å². The van der Waals surface area contributed by atoms with Crippen LogP contribution in [-0.2, 0) is 20.9 Å². The van der Waals surface area contributed by atoms with E-state index in [0.717, 1.165) is 18.4 Å². The maximum atomic E-state index is 12.5. The zero-order chi connectivity index (χ0) is 20.1. The summed E-state index contributed by atoms with van der Waals surface area (Å²) in [4.78, 5) is 36.2. The fraction of sp³-hybridized carbons (Fsp3) is 0.526. The minimum absolute atomic E-state index is 0.117. The van der Waals surface area contributed by atoms with Gasteiger partial charge in [0.15, 0.2) is 0 Å². The minimum Gasteiger partial charge on any atom is -0.445 e. The first kappa shape index (κ1) is 22.8. The van der Waals surface area contributed by atoms with Crippen LogP contribution < -0.4 is 16.4 Å². The zero-order valence-electron chi connectivity index (χ0n) is 15.9. The third-order valence-electron chi connectivity index (χ3n) is 3.94. The van der Waals surface area contributed by atoms with Gasteiger partial charge < -0.3 is 21.1 Å². The van der Waals surface area contributed by atoms with E-state index in [-0.39, 0.29) is 6.61 Å². The Morgan fingerprint density at radius 2 is 1.81 bits per heavy atom. The smallest absolute Gasteiger partial charge is 0.408 e. The standard InChI is InChI=1S/C19H29N3O4S/c1-3-4-10-16(18(24)21-15(17(20)23)11-12-27-2)22-19(25)26-13-14-8-6-5-7-9-14/h5-9,15-16H,3-4,10-13H2,1-2H3,(H2,20,23)(H,21,24)(H,22,25)/t15-,16+/m1/s1. The van der Waals surface area contributed by atoms with Crippen LogP contribution in [0.2, 0.25) is 0 Å². The number of hydrogen-bond acceptors (Lipinski definition) is 5. The van der Waals surface area contributed by atoms with Gasteiger partial charge in [-0.15, -0.1) is 0 Å². The van der Waals surface area contributed by atoms with E-state index in [4.69, 9.17) is 10.5 Å². The van der Waals surface area contributed by atoms with Crippen molar-refractivity contribution in [3.05, 3.63) is 35.9 Å². The quantitative estimate of drug-likeness (QED) is 0.502. The molecule has 0 aromatic heterocycles. The Labute approximate surface area is 164 Å². The largest absolute Gasteiger partial charge is 0.445 e. The Morgan fingerprint density at radius 3 is 2.41 bits per heavy atom. The first-order valence-electron chi connectivity index (χ1n) is 9.03. The predicted molar refractivity (Wildman–Crippen MR) is 107 cm³/mol. The molecule has 8 heteroatoms. The van der Waals surface area contributed by atoms with Crippen molar-refractivity contribution in [3.63, 3.8) is 0 Å². The van der Waals surface area contributed by atoms with Gasteiger partial charge in [-0.05, 0) is 30.4 Å². The molecule has 4 N–H and O–H groups in total. The third kappa shape index (κ3) is 9.33. The molecule has 0 heterocycles. The molecule has 1 aromatic carbocycles. The number of rotatable bonds is 12. The van der Waals surface area contributed by atoms with Crippen LogP contribution in [0.4, 0.5) is 4.79 Å². The van der Waals surface area contributed by atoms with Crippen LogP contribution in [0, 0.1) is 0 Å². The predicted octanol–water partition coefficient (Wildman–Crippen LogP) is 2.19. The molecular formula is C19H29N3O4S. The molecule has 0 saturated carbocycles. The molecule has 0 aliphatic carbocycles. The highest BCUT2D eigenvalue weighted by molar-refractivity contribution is 7.98. The van der Waals surface area contributed by atoms with Crippen LogP contribution in [0.5, 0.6) is 0 Å². The van der Waals surface area contributed by atoms with Gasteiger partial charge in [-0.2, -0.15) is 11.8 Å². The summed E-state index contributed by atoms with van der Waals surface area (Å²) in [5.74, 6) is -0.316. The van der Waals surface area contributed by atoms with Crippen LogP contribution in [0.15, 0.2) is 30.3 Å². The monoisotopic (exact) mass is 395 g/mol. The Morgan fingerprint density at radius 1 is 1.11 bits per heavy atom. The molecule has 27 heavy (non-hydrogen) atoms. The van der Waals surface area contributed by atoms with E-state index in [1.807, 2.05) is 43.5 Å². The second kappa shape index (κ2) is 13.0. The Hall–Kier alpha value is -2.22. The third-order valence-corrected chi connectivity index (χ3v) is 4.58. The molecular weight excluding hydrogens is 366 g/mol. The van der Waals surface area contributed by atoms with Crippen molar-refractivity contribution in [2.24, 2.45) is 5.73 Å². The van der Waals surface area contributed by atoms with E-state index in [0.29, 0.717) is 18.6 Å². The average molecular weight is 396 g/mol. The van der Waals surface area contributed by atoms with Gasteiger partial charge in [0, 0.05) is 0 Å². The molecule has 0 saturated heterocycles. The summed E-state index contributed by atoms with van der Waals surface area (Å²) in [5, 5.41) is 5.23. The van der Waals surface area contributed by atoms with Gasteiger partial charge in [-0.1, -0.05) is 50.1 Å². The van der Waals surface area contributed by atoms with Crippen molar-refractivity contribution >= 4 is 29.7 Å². The summed E-state index contributed by atoms with van der Waals surface area (Å²) in [7, 11) is 0. The Bertz CT molecular complexity index is 598. The highest BCUT2D eigenvalue weighted by Crippen LogP contribution is 2.06. The fourth-order valence-electron chi connectivity index (χ4n) is 2.38. The number of alkyl carbamates (subject to hydrolysis) is 1. The Kier molecular flexibility index (Phi) is 11.0. The summed E-state index contributed by atoms with van der Waals surface area (Å²) in [6.45, 7) is 2.11. The normalized spacial score (nSPS) is 12.7. The summed E-state index contributed by atoms with van der Waals surface area (Å²) < 4.78 is 5.18. The molecule has 0 aliphatic rings. The second-order valence-corrected chi connectivity index (χ2v) is 7.13. The topological polar surface area (TPSA) is 111 Å². The van der Waals surface area contributed by atoms with Crippen molar-refractivity contribution in [1.82, 2.24) is 10.6 Å². The maximum Gasteiger partial charge on any atom is 0.408 e. The molecule has 1 rings (SSSR count). The van der Waals surface area contributed by atoms with Crippen LogP contribution >= 0.6 is 11.8 Å². The van der Waals surface area contributed by atoms with Crippen LogP contribution in [0.3, 0.4) is 0 Å². The van der Waals surface area contributed by atoms with E-state index in [9.17, 15) is 14.4 Å². The van der Waals surface area contributed by atoms with E-state index in [2.05, 4.69) is 10.6 Å². The van der Waals surface area contributed by atoms with Crippen molar-refractivity contribution < 1.29 is 19.1 Å². The van der Waals surface area contributed by atoms with Gasteiger partial charge in [0.25, 0.3) is 0 Å². The maximum absolute atomic E-state index is 12.5. The lowest BCUT2D eigenvalue weighted by Gasteiger charge is -2.21. The number of amides is 3. The van der Waals surface area contributed by atoms with E-state index in [1.165, 1.54) is 0 Å². The lowest BCUT2D eigenvalue weighted by molar-refractivity contribution is -0.128. The molecule has 7 nitrogen and oxygen atoms in total. The Balaban J connectivity index is 2.62. The average Bonchev–Trinajstić information content (AvgIpc) is 2.67. The molecule has 3 amide bonds. The van der Waals surface area contributed by atoms with Gasteiger partial charge in [-0.3, -0.25) is 9.59 Å². The van der Waals surface area contributed by atoms with Crippen LogP contribution in [0.25, 0.3) is 0 Å². The molecule has 2 atom stereocenters. The number of ether oxygens (including phenoxy) is 1. The van der Waals surface area contributed by atoms with Crippen molar-refractivity contribution in [2.45, 2.75) is 51.3 Å². The van der Waals surface area contributed by atoms with Crippen molar-refractivity contribution in [1.29, 1.82) is 0 Å².